The second-order valence-electron chi connectivity index (χ2n) is 5.77. The van der Waals surface area contributed by atoms with Crippen molar-refractivity contribution >= 4 is 0 Å². The van der Waals surface area contributed by atoms with E-state index in [-0.39, 0.29) is 0 Å². The van der Waals surface area contributed by atoms with E-state index in [1.165, 1.54) is 0 Å². The molecule has 0 radical (unpaired) electrons. The lowest BCUT2D eigenvalue weighted by Crippen LogP contribution is -1.47. The van der Waals surface area contributed by atoms with Crippen molar-refractivity contribution in [2.45, 2.75) is 13.8 Å². The zero-order chi connectivity index (χ0) is 23.2. The Morgan fingerprint density at radius 3 is 0.188 bits per heavy atom. The summed E-state index contributed by atoms with van der Waals surface area (Å²) < 4.78 is 0. The molecular weight excluding hydrogens is 384 g/mol. The summed E-state index contributed by atoms with van der Waals surface area (Å²) in [4.78, 5) is 0. The van der Waals surface area contributed by atoms with Crippen LogP contribution in [0.5, 0.6) is 0 Å². The maximum Gasteiger partial charge on any atom is -0.0623 e. The van der Waals surface area contributed by atoms with Gasteiger partial charge in [-0.3, -0.25) is 0 Å². The van der Waals surface area contributed by atoms with Gasteiger partial charge in [0.15, 0.2) is 0 Å². The topological polar surface area (TPSA) is 0 Å². The van der Waals surface area contributed by atoms with E-state index in [2.05, 4.69) is 0 Å². The van der Waals surface area contributed by atoms with Crippen LogP contribution in [-0.4, -0.2) is 0 Å². The molecule has 0 nitrogen and oxygen atoms in total. The highest BCUT2D eigenvalue weighted by Crippen LogP contribution is 1.82. The first kappa shape index (κ1) is 28.1. The Balaban J connectivity index is 0.000000368. The van der Waals surface area contributed by atoms with Gasteiger partial charge < -0.3 is 0 Å². The van der Waals surface area contributed by atoms with E-state index in [0.29, 0.717) is 0 Å². The lowest BCUT2D eigenvalue weighted by atomic mass is 10.4. The van der Waals surface area contributed by atoms with Crippen LogP contribution in [0.4, 0.5) is 0 Å². The van der Waals surface area contributed by atoms with Gasteiger partial charge in [-0.15, -0.1) is 0 Å². The Labute approximate surface area is 195 Å². The monoisotopic (exact) mass is 420 g/mol. The van der Waals surface area contributed by atoms with Crippen molar-refractivity contribution in [2.24, 2.45) is 0 Å². The summed E-state index contributed by atoms with van der Waals surface area (Å²) in [6.07, 6.45) is 0. The zero-order valence-electron chi connectivity index (χ0n) is 19.3. The van der Waals surface area contributed by atoms with Gasteiger partial charge in [-0.05, 0) is 0 Å². The maximum atomic E-state index is 2.00. The normalized spacial score (nSPS) is 7.69. The Morgan fingerprint density at radius 2 is 0.156 bits per heavy atom. The van der Waals surface area contributed by atoms with Crippen LogP contribution in [0.3, 0.4) is 0 Å². The summed E-state index contributed by atoms with van der Waals surface area (Å²) in [5, 5.41) is 0. The van der Waals surface area contributed by atoms with Gasteiger partial charge in [0, 0.05) is 0 Å². The summed E-state index contributed by atoms with van der Waals surface area (Å²) in [5.41, 5.74) is 0. The van der Waals surface area contributed by atoms with Crippen LogP contribution < -0.4 is 0 Å². The molecule has 0 saturated heterocycles. The number of hydrogen-bond acceptors (Lipinski definition) is 0. The van der Waals surface area contributed by atoms with Crippen molar-refractivity contribution in [3.05, 3.63) is 182 Å². The molecule has 5 aromatic carbocycles. The third-order valence-electron chi connectivity index (χ3n) is 3.33. The molecule has 164 valence electrons. The van der Waals surface area contributed by atoms with E-state index in [1.54, 1.807) is 0 Å². The molecule has 0 aliphatic rings. The molecule has 0 unspecified atom stereocenters. The van der Waals surface area contributed by atoms with E-state index < -0.39 is 0 Å². The zero-order valence-corrected chi connectivity index (χ0v) is 19.3. The van der Waals surface area contributed by atoms with Gasteiger partial charge in [0.1, 0.15) is 0 Å². The van der Waals surface area contributed by atoms with Crippen LogP contribution in [0.1, 0.15) is 13.8 Å². The standard InChI is InChI=1S/5C6H6.C2H6/c5*1-2-4-6-5-3-1;1-2/h5*1-6H;1-2H3. The van der Waals surface area contributed by atoms with Gasteiger partial charge in [-0.25, -0.2) is 0 Å². The smallest absolute Gasteiger partial charge is 0.0623 e. The second-order valence-corrected chi connectivity index (χ2v) is 5.77. The molecule has 5 rings (SSSR count). The van der Waals surface area contributed by atoms with E-state index in [4.69, 9.17) is 0 Å². The third kappa shape index (κ3) is 24.1. The van der Waals surface area contributed by atoms with E-state index in [9.17, 15) is 0 Å². The maximum absolute atomic E-state index is 2.00. The molecule has 0 saturated carbocycles. The van der Waals surface area contributed by atoms with E-state index in [1.807, 2.05) is 196 Å². The molecule has 0 heteroatoms. The van der Waals surface area contributed by atoms with Crippen LogP contribution in [0.25, 0.3) is 0 Å². The van der Waals surface area contributed by atoms with Gasteiger partial charge in [-0.2, -0.15) is 0 Å². The van der Waals surface area contributed by atoms with Crippen molar-refractivity contribution in [2.75, 3.05) is 0 Å². The van der Waals surface area contributed by atoms with Crippen molar-refractivity contribution in [1.29, 1.82) is 0 Å². The molecule has 0 N–H and O–H groups in total. The predicted molar refractivity (Wildman–Crippen MR) is 144 cm³/mol. The number of benzene rings is 5. The van der Waals surface area contributed by atoms with Gasteiger partial charge in [0.25, 0.3) is 0 Å². The SMILES string of the molecule is CC.c1ccccc1.c1ccccc1.c1ccccc1.c1ccccc1.c1ccccc1. The minimum Gasteiger partial charge on any atom is -0.0683 e. The summed E-state index contributed by atoms with van der Waals surface area (Å²) in [5.74, 6) is 0. The second kappa shape index (κ2) is 27.1. The molecule has 32 heavy (non-hydrogen) atoms. The Morgan fingerprint density at radius 1 is 0.125 bits per heavy atom. The summed E-state index contributed by atoms with van der Waals surface area (Å²) >= 11 is 0. The molecule has 0 spiro atoms. The van der Waals surface area contributed by atoms with E-state index in [0.717, 1.165) is 0 Å². The molecule has 0 aromatic heterocycles. The first-order valence-corrected chi connectivity index (χ1v) is 11.0. The first-order valence-electron chi connectivity index (χ1n) is 11.0. The molecule has 0 bridgehead atoms. The molecule has 0 amide bonds. The average Bonchev–Trinajstić information content (AvgIpc) is 2.96. The molecule has 5 aromatic rings. The van der Waals surface area contributed by atoms with Crippen molar-refractivity contribution in [3.8, 4) is 0 Å². The van der Waals surface area contributed by atoms with Crippen molar-refractivity contribution in [1.82, 2.24) is 0 Å². The first-order chi connectivity index (χ1) is 16.0. The van der Waals surface area contributed by atoms with Gasteiger partial charge >= 0.3 is 0 Å². The minimum atomic E-state index is 2.00. The highest BCUT2D eigenvalue weighted by molar-refractivity contribution is 5.01. The van der Waals surface area contributed by atoms with Crippen LogP contribution >= 0.6 is 0 Å². The summed E-state index contributed by atoms with van der Waals surface area (Å²) in [6.45, 7) is 4.00. The lowest BCUT2D eigenvalue weighted by Gasteiger charge is -1.69. The Hall–Kier alpha value is -3.90. The quantitative estimate of drug-likeness (QED) is 0.234. The highest BCUT2D eigenvalue weighted by atomic mass is 13.7. The fourth-order valence-electron chi connectivity index (χ4n) is 1.92. The highest BCUT2D eigenvalue weighted by Gasteiger charge is 1.60. The van der Waals surface area contributed by atoms with Gasteiger partial charge in [0.2, 0.25) is 0 Å². The Kier molecular flexibility index (Phi) is 23.8. The van der Waals surface area contributed by atoms with Gasteiger partial charge in [0.05, 0.1) is 0 Å². The average molecular weight is 421 g/mol. The van der Waals surface area contributed by atoms with Crippen LogP contribution in [0.15, 0.2) is 182 Å². The summed E-state index contributed by atoms with van der Waals surface area (Å²) in [7, 11) is 0. The molecule has 0 atom stereocenters. The number of rotatable bonds is 0. The molecular formula is C32H36. The third-order valence-corrected chi connectivity index (χ3v) is 3.33. The fourth-order valence-corrected chi connectivity index (χ4v) is 1.92. The van der Waals surface area contributed by atoms with Crippen LogP contribution in [0.2, 0.25) is 0 Å². The Bertz CT molecular complexity index is 543. The van der Waals surface area contributed by atoms with Crippen molar-refractivity contribution < 1.29 is 0 Å². The minimum absolute atomic E-state index is 2.00. The number of hydrogen-bond donors (Lipinski definition) is 0. The molecule has 0 heterocycles. The molecule has 0 fully saturated rings. The largest absolute Gasteiger partial charge is 0.0683 e. The van der Waals surface area contributed by atoms with Crippen LogP contribution in [-0.2, 0) is 0 Å². The lowest BCUT2D eigenvalue weighted by molar-refractivity contribution is 1.50. The van der Waals surface area contributed by atoms with Crippen LogP contribution in [0, 0.1) is 0 Å². The van der Waals surface area contributed by atoms with E-state index >= 15 is 0 Å². The molecule has 0 aliphatic carbocycles. The predicted octanol–water partition coefficient (Wildman–Crippen LogP) is 9.46. The van der Waals surface area contributed by atoms with Crippen molar-refractivity contribution in [3.63, 3.8) is 0 Å². The molecule has 0 aliphatic heterocycles. The summed E-state index contributed by atoms with van der Waals surface area (Å²) in [6, 6.07) is 60.0. The van der Waals surface area contributed by atoms with Gasteiger partial charge in [-0.1, -0.05) is 196 Å². The fraction of sp³-hybridized carbons (Fsp3) is 0.0625.